The first-order valence-corrected chi connectivity index (χ1v) is 7.63. The third-order valence-corrected chi connectivity index (χ3v) is 4.35. The summed E-state index contributed by atoms with van der Waals surface area (Å²) in [7, 11) is 2.01. The van der Waals surface area contributed by atoms with E-state index < -0.39 is 0 Å². The van der Waals surface area contributed by atoms with Gasteiger partial charge in [0.05, 0.1) is 5.02 Å². The maximum Gasteiger partial charge on any atom is 0.0551 e. The van der Waals surface area contributed by atoms with E-state index in [1.807, 2.05) is 19.2 Å². The van der Waals surface area contributed by atoms with E-state index in [0.29, 0.717) is 11.5 Å². The Kier molecular flexibility index (Phi) is 6.16. The molecule has 1 unspecified atom stereocenters. The van der Waals surface area contributed by atoms with Gasteiger partial charge in [-0.3, -0.25) is 0 Å². The standard InChI is InChI=1S/C15H23BrClN/c1-15(2,3)9-5-6-14(18-4)11-7-8-12(16)13(17)10-11/h7-8,10,14,18H,5-6,9H2,1-4H3. The van der Waals surface area contributed by atoms with Gasteiger partial charge >= 0.3 is 0 Å². The number of nitrogens with one attached hydrogen (secondary N) is 1. The number of benzene rings is 1. The normalized spacial score (nSPS) is 13.7. The fraction of sp³-hybridized carbons (Fsp3) is 0.600. The molecule has 0 aliphatic carbocycles. The SMILES string of the molecule is CNC(CCCC(C)(C)C)c1ccc(Br)c(Cl)c1. The van der Waals surface area contributed by atoms with Gasteiger partial charge in [-0.1, -0.05) is 44.9 Å². The molecular formula is C15H23BrClN. The van der Waals surface area contributed by atoms with Crippen LogP contribution >= 0.6 is 27.5 Å². The zero-order valence-electron chi connectivity index (χ0n) is 11.7. The fourth-order valence-electron chi connectivity index (χ4n) is 2.04. The molecule has 1 atom stereocenters. The van der Waals surface area contributed by atoms with E-state index in [-0.39, 0.29) is 0 Å². The van der Waals surface area contributed by atoms with Crippen LogP contribution in [0.1, 0.15) is 51.6 Å². The second-order valence-electron chi connectivity index (χ2n) is 5.97. The molecule has 1 N–H and O–H groups in total. The lowest BCUT2D eigenvalue weighted by molar-refractivity contribution is 0.347. The Labute approximate surface area is 124 Å². The minimum atomic E-state index is 0.387. The van der Waals surface area contributed by atoms with Gasteiger partial charge in [0, 0.05) is 10.5 Å². The molecule has 0 aromatic heterocycles. The molecule has 0 bridgehead atoms. The molecule has 0 saturated carbocycles. The van der Waals surface area contributed by atoms with Gasteiger partial charge in [-0.15, -0.1) is 0 Å². The summed E-state index contributed by atoms with van der Waals surface area (Å²) < 4.78 is 0.956. The molecule has 102 valence electrons. The highest BCUT2D eigenvalue weighted by atomic mass is 79.9. The Morgan fingerprint density at radius 2 is 2.00 bits per heavy atom. The summed E-state index contributed by atoms with van der Waals surface area (Å²) in [6.07, 6.45) is 3.61. The molecule has 1 aromatic carbocycles. The van der Waals surface area contributed by atoms with E-state index in [2.05, 4.69) is 48.1 Å². The highest BCUT2D eigenvalue weighted by molar-refractivity contribution is 9.10. The molecular weight excluding hydrogens is 310 g/mol. The summed E-state index contributed by atoms with van der Waals surface area (Å²) in [4.78, 5) is 0. The first-order chi connectivity index (χ1) is 8.33. The molecule has 0 radical (unpaired) electrons. The van der Waals surface area contributed by atoms with Crippen molar-refractivity contribution in [3.63, 3.8) is 0 Å². The lowest BCUT2D eigenvalue weighted by Crippen LogP contribution is -2.17. The fourth-order valence-corrected chi connectivity index (χ4v) is 2.48. The summed E-state index contributed by atoms with van der Waals surface area (Å²) in [6, 6.07) is 6.59. The average molecular weight is 333 g/mol. The smallest absolute Gasteiger partial charge is 0.0551 e. The van der Waals surface area contributed by atoms with Crippen LogP contribution in [0.15, 0.2) is 22.7 Å². The number of rotatable bonds is 5. The predicted octanol–water partition coefficient (Wildman–Crippen LogP) is 5.58. The average Bonchev–Trinajstić information content (AvgIpc) is 2.27. The van der Waals surface area contributed by atoms with Crippen LogP contribution in [0.4, 0.5) is 0 Å². The maximum absolute atomic E-state index is 6.15. The van der Waals surface area contributed by atoms with Gasteiger partial charge in [-0.25, -0.2) is 0 Å². The van der Waals surface area contributed by atoms with Crippen molar-refractivity contribution in [1.82, 2.24) is 5.32 Å². The lowest BCUT2D eigenvalue weighted by Gasteiger charge is -2.21. The van der Waals surface area contributed by atoms with E-state index in [0.717, 1.165) is 15.9 Å². The van der Waals surface area contributed by atoms with Crippen LogP contribution in [0.25, 0.3) is 0 Å². The van der Waals surface area contributed by atoms with E-state index in [1.165, 1.54) is 18.4 Å². The first kappa shape index (κ1) is 16.0. The minimum Gasteiger partial charge on any atom is -0.313 e. The Morgan fingerprint density at radius 1 is 1.33 bits per heavy atom. The van der Waals surface area contributed by atoms with Gasteiger partial charge in [0.1, 0.15) is 0 Å². The minimum absolute atomic E-state index is 0.387. The summed E-state index contributed by atoms with van der Waals surface area (Å²) in [5, 5.41) is 4.16. The summed E-state index contributed by atoms with van der Waals surface area (Å²) in [5.74, 6) is 0. The van der Waals surface area contributed by atoms with Crippen LogP contribution in [-0.4, -0.2) is 7.05 Å². The van der Waals surface area contributed by atoms with Gasteiger partial charge in [0.25, 0.3) is 0 Å². The van der Waals surface area contributed by atoms with Crippen molar-refractivity contribution in [3.05, 3.63) is 33.3 Å². The molecule has 0 aliphatic rings. The number of hydrogen-bond donors (Lipinski definition) is 1. The van der Waals surface area contributed by atoms with Gasteiger partial charge in [0.15, 0.2) is 0 Å². The monoisotopic (exact) mass is 331 g/mol. The third kappa shape index (κ3) is 5.29. The molecule has 0 fully saturated rings. The van der Waals surface area contributed by atoms with Crippen LogP contribution in [0.2, 0.25) is 5.02 Å². The Hall–Kier alpha value is -0.0500. The summed E-state index contributed by atoms with van der Waals surface area (Å²) in [5.41, 5.74) is 1.68. The maximum atomic E-state index is 6.15. The molecule has 0 spiro atoms. The van der Waals surface area contributed by atoms with Crippen molar-refractivity contribution in [1.29, 1.82) is 0 Å². The molecule has 1 rings (SSSR count). The third-order valence-electron chi connectivity index (χ3n) is 3.11. The molecule has 1 aromatic rings. The second kappa shape index (κ2) is 6.93. The molecule has 3 heteroatoms. The molecule has 18 heavy (non-hydrogen) atoms. The van der Waals surface area contributed by atoms with Crippen molar-refractivity contribution in [2.24, 2.45) is 5.41 Å². The van der Waals surface area contributed by atoms with Crippen LogP contribution < -0.4 is 5.32 Å². The molecule has 1 nitrogen and oxygen atoms in total. The first-order valence-electron chi connectivity index (χ1n) is 6.46. The molecule has 0 amide bonds. The zero-order valence-corrected chi connectivity index (χ0v) is 14.0. The summed E-state index contributed by atoms with van der Waals surface area (Å²) in [6.45, 7) is 6.87. The lowest BCUT2D eigenvalue weighted by atomic mass is 9.88. The second-order valence-corrected chi connectivity index (χ2v) is 7.23. The van der Waals surface area contributed by atoms with Gasteiger partial charge in [0.2, 0.25) is 0 Å². The van der Waals surface area contributed by atoms with Crippen molar-refractivity contribution >= 4 is 27.5 Å². The molecule has 0 saturated heterocycles. The van der Waals surface area contributed by atoms with E-state index >= 15 is 0 Å². The Bertz CT molecular complexity index is 385. The van der Waals surface area contributed by atoms with Gasteiger partial charge in [-0.2, -0.15) is 0 Å². The highest BCUT2D eigenvalue weighted by Crippen LogP contribution is 2.29. The van der Waals surface area contributed by atoms with Crippen LogP contribution in [0, 0.1) is 5.41 Å². The van der Waals surface area contributed by atoms with Crippen LogP contribution in [0.3, 0.4) is 0 Å². The van der Waals surface area contributed by atoms with Crippen molar-refractivity contribution in [3.8, 4) is 0 Å². The summed E-state index contributed by atoms with van der Waals surface area (Å²) >= 11 is 9.57. The number of hydrogen-bond acceptors (Lipinski definition) is 1. The Morgan fingerprint density at radius 3 is 2.50 bits per heavy atom. The van der Waals surface area contributed by atoms with Crippen molar-refractivity contribution in [2.45, 2.75) is 46.1 Å². The predicted molar refractivity (Wildman–Crippen MR) is 84.3 cm³/mol. The van der Waals surface area contributed by atoms with Crippen LogP contribution in [0.5, 0.6) is 0 Å². The van der Waals surface area contributed by atoms with Gasteiger partial charge in [-0.05, 0) is 58.9 Å². The largest absolute Gasteiger partial charge is 0.313 e. The highest BCUT2D eigenvalue weighted by Gasteiger charge is 2.14. The number of halogens is 2. The van der Waals surface area contributed by atoms with E-state index in [4.69, 9.17) is 11.6 Å². The van der Waals surface area contributed by atoms with E-state index in [9.17, 15) is 0 Å². The zero-order chi connectivity index (χ0) is 13.8. The van der Waals surface area contributed by atoms with E-state index in [1.54, 1.807) is 0 Å². The molecule has 0 aliphatic heterocycles. The van der Waals surface area contributed by atoms with Crippen molar-refractivity contribution < 1.29 is 0 Å². The van der Waals surface area contributed by atoms with Gasteiger partial charge < -0.3 is 5.32 Å². The quantitative estimate of drug-likeness (QED) is 0.742. The van der Waals surface area contributed by atoms with Crippen LogP contribution in [-0.2, 0) is 0 Å². The van der Waals surface area contributed by atoms with Crippen molar-refractivity contribution in [2.75, 3.05) is 7.05 Å². The molecule has 0 heterocycles. The topological polar surface area (TPSA) is 12.0 Å². The Balaban J connectivity index is 2.63.